The third-order valence-corrected chi connectivity index (χ3v) is 3.86. The van der Waals surface area contributed by atoms with Crippen LogP contribution in [0.5, 0.6) is 11.5 Å². The number of hydrogen-bond acceptors (Lipinski definition) is 3. The maximum absolute atomic E-state index is 6.34. The molecule has 0 heterocycles. The molecule has 122 valence electrons. The SMILES string of the molecule is C=CCOc1c(Cl)cc(CNc2ccc(Br)cc2)cc1OCC. The molecule has 0 bridgehead atoms. The van der Waals surface area contributed by atoms with Gasteiger partial charge in [-0.1, -0.05) is 40.2 Å². The normalized spacial score (nSPS) is 10.2. The number of nitrogens with one attached hydrogen (secondary N) is 1. The Morgan fingerprint density at radius 3 is 2.61 bits per heavy atom. The Hall–Kier alpha value is -1.65. The molecule has 0 saturated heterocycles. The fourth-order valence-electron chi connectivity index (χ4n) is 2.04. The van der Waals surface area contributed by atoms with Gasteiger partial charge in [0.15, 0.2) is 11.5 Å². The number of halogens is 2. The van der Waals surface area contributed by atoms with Gasteiger partial charge in [-0.15, -0.1) is 0 Å². The maximum atomic E-state index is 6.34. The van der Waals surface area contributed by atoms with Crippen LogP contribution in [-0.2, 0) is 6.54 Å². The highest BCUT2D eigenvalue weighted by Gasteiger charge is 2.12. The Balaban J connectivity index is 2.15. The summed E-state index contributed by atoms with van der Waals surface area (Å²) >= 11 is 9.76. The quantitative estimate of drug-likeness (QED) is 0.582. The highest BCUT2D eigenvalue weighted by Crippen LogP contribution is 2.37. The summed E-state index contributed by atoms with van der Waals surface area (Å²) in [5.41, 5.74) is 2.06. The van der Waals surface area contributed by atoms with Crippen molar-refractivity contribution < 1.29 is 9.47 Å². The summed E-state index contributed by atoms with van der Waals surface area (Å²) in [6, 6.07) is 11.8. The first-order valence-electron chi connectivity index (χ1n) is 7.32. The molecule has 2 aromatic carbocycles. The molecule has 23 heavy (non-hydrogen) atoms. The van der Waals surface area contributed by atoms with Crippen molar-refractivity contribution >= 4 is 33.2 Å². The Morgan fingerprint density at radius 1 is 1.22 bits per heavy atom. The predicted octanol–water partition coefficient (Wildman–Crippen LogP) is 5.68. The lowest BCUT2D eigenvalue weighted by Gasteiger charge is -2.15. The molecule has 0 saturated carbocycles. The minimum atomic E-state index is 0.385. The largest absolute Gasteiger partial charge is 0.490 e. The van der Waals surface area contributed by atoms with E-state index in [2.05, 4.69) is 27.8 Å². The smallest absolute Gasteiger partial charge is 0.180 e. The highest BCUT2D eigenvalue weighted by atomic mass is 79.9. The van der Waals surface area contributed by atoms with Crippen molar-refractivity contribution in [3.63, 3.8) is 0 Å². The van der Waals surface area contributed by atoms with E-state index >= 15 is 0 Å². The van der Waals surface area contributed by atoms with E-state index in [0.717, 1.165) is 15.7 Å². The van der Waals surface area contributed by atoms with Crippen LogP contribution in [-0.4, -0.2) is 13.2 Å². The summed E-state index contributed by atoms with van der Waals surface area (Å²) in [5.74, 6) is 1.20. The van der Waals surface area contributed by atoms with Crippen LogP contribution in [0.25, 0.3) is 0 Å². The molecule has 3 nitrogen and oxygen atoms in total. The molecule has 0 atom stereocenters. The van der Waals surface area contributed by atoms with Gasteiger partial charge in [0.2, 0.25) is 0 Å². The van der Waals surface area contributed by atoms with Crippen molar-refractivity contribution in [1.82, 2.24) is 0 Å². The number of hydrogen-bond donors (Lipinski definition) is 1. The van der Waals surface area contributed by atoms with Gasteiger partial charge in [0.05, 0.1) is 11.6 Å². The molecule has 0 aliphatic heterocycles. The molecule has 0 aliphatic carbocycles. The number of rotatable bonds is 8. The van der Waals surface area contributed by atoms with Crippen molar-refractivity contribution in [2.75, 3.05) is 18.5 Å². The summed E-state index contributed by atoms with van der Waals surface area (Å²) in [6.45, 7) is 7.15. The summed E-state index contributed by atoms with van der Waals surface area (Å²) in [6.07, 6.45) is 1.68. The average molecular weight is 397 g/mol. The van der Waals surface area contributed by atoms with E-state index in [9.17, 15) is 0 Å². The van der Waals surface area contributed by atoms with E-state index in [4.69, 9.17) is 21.1 Å². The van der Waals surface area contributed by atoms with Crippen molar-refractivity contribution in [3.05, 3.63) is 64.1 Å². The molecular weight excluding hydrogens is 378 g/mol. The van der Waals surface area contributed by atoms with Gasteiger partial charge in [-0.25, -0.2) is 0 Å². The van der Waals surface area contributed by atoms with Gasteiger partial charge in [0, 0.05) is 16.7 Å². The lowest BCUT2D eigenvalue weighted by Crippen LogP contribution is -2.03. The first-order valence-corrected chi connectivity index (χ1v) is 8.49. The van der Waals surface area contributed by atoms with Crippen molar-refractivity contribution in [1.29, 1.82) is 0 Å². The van der Waals surface area contributed by atoms with Gasteiger partial charge in [-0.2, -0.15) is 0 Å². The van der Waals surface area contributed by atoms with Crippen LogP contribution in [0.1, 0.15) is 12.5 Å². The second-order valence-electron chi connectivity index (χ2n) is 4.80. The number of ether oxygens (including phenoxy) is 2. The predicted molar refractivity (Wildman–Crippen MR) is 99.8 cm³/mol. The van der Waals surface area contributed by atoms with Gasteiger partial charge < -0.3 is 14.8 Å². The second kappa shape index (κ2) is 8.85. The van der Waals surface area contributed by atoms with Crippen LogP contribution in [0.4, 0.5) is 5.69 Å². The zero-order chi connectivity index (χ0) is 16.7. The van der Waals surface area contributed by atoms with Gasteiger partial charge in [-0.3, -0.25) is 0 Å². The van der Waals surface area contributed by atoms with Gasteiger partial charge in [-0.05, 0) is 48.9 Å². The van der Waals surface area contributed by atoms with Crippen LogP contribution in [0.3, 0.4) is 0 Å². The second-order valence-corrected chi connectivity index (χ2v) is 6.12. The van der Waals surface area contributed by atoms with Crippen LogP contribution >= 0.6 is 27.5 Å². The van der Waals surface area contributed by atoms with E-state index in [1.54, 1.807) is 6.08 Å². The van der Waals surface area contributed by atoms with Gasteiger partial charge >= 0.3 is 0 Å². The minimum absolute atomic E-state index is 0.385. The first-order chi connectivity index (χ1) is 11.1. The van der Waals surface area contributed by atoms with E-state index in [0.29, 0.717) is 36.3 Å². The van der Waals surface area contributed by atoms with Gasteiger partial charge in [0.1, 0.15) is 6.61 Å². The molecular formula is C18H19BrClNO2. The molecule has 2 rings (SSSR count). The Kier molecular flexibility index (Phi) is 6.81. The lowest BCUT2D eigenvalue weighted by molar-refractivity contribution is 0.297. The Morgan fingerprint density at radius 2 is 1.96 bits per heavy atom. The van der Waals surface area contributed by atoms with Crippen molar-refractivity contribution in [2.45, 2.75) is 13.5 Å². The molecule has 2 aromatic rings. The molecule has 0 unspecified atom stereocenters. The van der Waals surface area contributed by atoms with E-state index < -0.39 is 0 Å². The topological polar surface area (TPSA) is 30.5 Å². The molecule has 0 fully saturated rings. The first kappa shape index (κ1) is 17.7. The van der Waals surface area contributed by atoms with Crippen LogP contribution in [0.15, 0.2) is 53.5 Å². The average Bonchev–Trinajstić information content (AvgIpc) is 2.54. The monoisotopic (exact) mass is 395 g/mol. The Bertz CT molecular complexity index is 659. The molecule has 0 radical (unpaired) electrons. The zero-order valence-electron chi connectivity index (χ0n) is 12.9. The fourth-order valence-corrected chi connectivity index (χ4v) is 2.59. The molecule has 0 aliphatic rings. The van der Waals surface area contributed by atoms with Crippen LogP contribution in [0, 0.1) is 0 Å². The third kappa shape index (κ3) is 5.19. The van der Waals surface area contributed by atoms with E-state index in [1.807, 2.05) is 43.3 Å². The number of benzene rings is 2. The zero-order valence-corrected chi connectivity index (χ0v) is 15.3. The Labute approximate surface area is 150 Å². The molecule has 5 heteroatoms. The van der Waals surface area contributed by atoms with Crippen molar-refractivity contribution in [3.8, 4) is 11.5 Å². The van der Waals surface area contributed by atoms with E-state index in [1.165, 1.54) is 0 Å². The maximum Gasteiger partial charge on any atom is 0.180 e. The lowest BCUT2D eigenvalue weighted by atomic mass is 10.2. The molecule has 0 aromatic heterocycles. The molecule has 0 amide bonds. The standard InChI is InChI=1S/C18H19BrClNO2/c1-3-9-23-18-16(20)10-13(11-17(18)22-4-2)12-21-15-7-5-14(19)6-8-15/h3,5-8,10-11,21H,1,4,9,12H2,2H3. The third-order valence-electron chi connectivity index (χ3n) is 3.06. The summed E-state index contributed by atoms with van der Waals surface area (Å²) < 4.78 is 12.3. The summed E-state index contributed by atoms with van der Waals surface area (Å²) in [7, 11) is 0. The van der Waals surface area contributed by atoms with Crippen LogP contribution < -0.4 is 14.8 Å². The fraction of sp³-hybridized carbons (Fsp3) is 0.222. The van der Waals surface area contributed by atoms with Gasteiger partial charge in [0.25, 0.3) is 0 Å². The van der Waals surface area contributed by atoms with E-state index in [-0.39, 0.29) is 0 Å². The minimum Gasteiger partial charge on any atom is -0.490 e. The summed E-state index contributed by atoms with van der Waals surface area (Å²) in [4.78, 5) is 0. The number of anilines is 1. The molecule has 1 N–H and O–H groups in total. The van der Waals surface area contributed by atoms with Crippen molar-refractivity contribution in [2.24, 2.45) is 0 Å². The highest BCUT2D eigenvalue weighted by molar-refractivity contribution is 9.10. The summed E-state index contributed by atoms with van der Waals surface area (Å²) in [5, 5.41) is 3.89. The molecule has 0 spiro atoms. The van der Waals surface area contributed by atoms with Crippen LogP contribution in [0.2, 0.25) is 5.02 Å².